The molecule has 2 aromatic carbocycles. The molecule has 146 valence electrons. The van der Waals surface area contributed by atoms with E-state index in [2.05, 4.69) is 87.9 Å². The summed E-state index contributed by atoms with van der Waals surface area (Å²) in [5.41, 5.74) is 3.61. The van der Waals surface area contributed by atoms with E-state index in [9.17, 15) is 0 Å². The van der Waals surface area contributed by atoms with E-state index >= 15 is 0 Å². The van der Waals surface area contributed by atoms with Gasteiger partial charge in [0, 0.05) is 37.2 Å². The third-order valence-electron chi connectivity index (χ3n) is 4.69. The van der Waals surface area contributed by atoms with Crippen LogP contribution in [0.15, 0.2) is 66.9 Å². The Morgan fingerprint density at radius 2 is 1.64 bits per heavy atom. The molecule has 0 fully saturated rings. The molecule has 3 aromatic rings. The zero-order valence-electron chi connectivity index (χ0n) is 16.7. The first-order valence-electron chi connectivity index (χ1n) is 10.0. The first-order valence-corrected chi connectivity index (χ1v) is 10.0. The van der Waals surface area contributed by atoms with Crippen molar-refractivity contribution >= 4 is 23.1 Å². The van der Waals surface area contributed by atoms with Gasteiger partial charge in [-0.1, -0.05) is 30.3 Å². The molecule has 0 amide bonds. The molecule has 3 rings (SSSR count). The van der Waals surface area contributed by atoms with Crippen LogP contribution in [0.5, 0.6) is 0 Å². The van der Waals surface area contributed by atoms with E-state index in [1.807, 2.05) is 12.1 Å². The second-order valence-corrected chi connectivity index (χ2v) is 6.63. The van der Waals surface area contributed by atoms with E-state index in [0.29, 0.717) is 5.95 Å². The normalized spacial score (nSPS) is 10.5. The Kier molecular flexibility index (Phi) is 7.24. The van der Waals surface area contributed by atoms with Crippen molar-refractivity contribution in [3.05, 3.63) is 72.4 Å². The maximum absolute atomic E-state index is 4.56. The molecular formula is C23H29N5. The van der Waals surface area contributed by atoms with Gasteiger partial charge in [-0.3, -0.25) is 0 Å². The minimum Gasteiger partial charge on any atom is -0.372 e. The van der Waals surface area contributed by atoms with E-state index in [0.717, 1.165) is 44.0 Å². The minimum atomic E-state index is 0.651. The van der Waals surface area contributed by atoms with Crippen molar-refractivity contribution in [2.24, 2.45) is 0 Å². The molecule has 0 radical (unpaired) electrons. The molecule has 0 unspecified atom stereocenters. The summed E-state index contributed by atoms with van der Waals surface area (Å²) in [6.45, 7) is 7.20. The Morgan fingerprint density at radius 1 is 0.893 bits per heavy atom. The summed E-state index contributed by atoms with van der Waals surface area (Å²) < 4.78 is 0. The van der Waals surface area contributed by atoms with Crippen molar-refractivity contribution in [1.29, 1.82) is 0 Å². The number of anilines is 4. The molecule has 5 heteroatoms. The Labute approximate surface area is 167 Å². The fourth-order valence-electron chi connectivity index (χ4n) is 3.14. The number of aromatic nitrogens is 2. The summed E-state index contributed by atoms with van der Waals surface area (Å²) in [6.07, 6.45) is 3.86. The summed E-state index contributed by atoms with van der Waals surface area (Å²) in [5.74, 6) is 1.44. The lowest BCUT2D eigenvalue weighted by molar-refractivity contribution is 0.853. The average molecular weight is 376 g/mol. The summed E-state index contributed by atoms with van der Waals surface area (Å²) in [7, 11) is 0. The predicted molar refractivity (Wildman–Crippen MR) is 119 cm³/mol. The number of hydrogen-bond acceptors (Lipinski definition) is 5. The zero-order valence-corrected chi connectivity index (χ0v) is 16.7. The number of rotatable bonds is 10. The number of hydrogen-bond donors (Lipinski definition) is 2. The molecule has 0 saturated heterocycles. The highest BCUT2D eigenvalue weighted by Gasteiger charge is 2.03. The molecule has 0 spiro atoms. The van der Waals surface area contributed by atoms with Crippen LogP contribution in [0.4, 0.5) is 23.1 Å². The van der Waals surface area contributed by atoms with Crippen LogP contribution in [0, 0.1) is 0 Å². The van der Waals surface area contributed by atoms with Gasteiger partial charge in [-0.05, 0) is 62.6 Å². The van der Waals surface area contributed by atoms with Crippen LogP contribution in [0.25, 0.3) is 0 Å². The summed E-state index contributed by atoms with van der Waals surface area (Å²) in [6, 6.07) is 20.9. The van der Waals surface area contributed by atoms with Gasteiger partial charge in [-0.15, -0.1) is 0 Å². The number of nitrogens with zero attached hydrogens (tertiary/aromatic N) is 3. The van der Waals surface area contributed by atoms with Crippen LogP contribution in [-0.4, -0.2) is 29.6 Å². The fraction of sp³-hybridized carbons (Fsp3) is 0.304. The fourth-order valence-corrected chi connectivity index (χ4v) is 3.14. The third kappa shape index (κ3) is 5.71. The van der Waals surface area contributed by atoms with E-state index < -0.39 is 0 Å². The first-order chi connectivity index (χ1) is 13.8. The molecular weight excluding hydrogens is 346 g/mol. The van der Waals surface area contributed by atoms with E-state index in [4.69, 9.17) is 0 Å². The SMILES string of the molecule is CCN(CC)c1ccc(Nc2ccnc(NCCCc3ccccc3)n2)cc1. The van der Waals surface area contributed by atoms with Gasteiger partial charge in [-0.2, -0.15) is 4.98 Å². The molecule has 0 aliphatic carbocycles. The Morgan fingerprint density at radius 3 is 2.36 bits per heavy atom. The van der Waals surface area contributed by atoms with Gasteiger partial charge in [0.05, 0.1) is 0 Å². The number of benzene rings is 2. The van der Waals surface area contributed by atoms with Gasteiger partial charge in [0.2, 0.25) is 5.95 Å². The van der Waals surface area contributed by atoms with Crippen molar-refractivity contribution in [1.82, 2.24) is 9.97 Å². The monoisotopic (exact) mass is 375 g/mol. The molecule has 1 aromatic heterocycles. The minimum absolute atomic E-state index is 0.651. The predicted octanol–water partition coefficient (Wildman–Crippen LogP) is 5.11. The highest BCUT2D eigenvalue weighted by Crippen LogP contribution is 2.20. The van der Waals surface area contributed by atoms with Crippen molar-refractivity contribution in [2.75, 3.05) is 35.2 Å². The molecule has 0 aliphatic heterocycles. The molecule has 0 aliphatic rings. The van der Waals surface area contributed by atoms with E-state index in [1.165, 1.54) is 11.3 Å². The molecule has 0 bridgehead atoms. The largest absolute Gasteiger partial charge is 0.372 e. The van der Waals surface area contributed by atoms with Crippen LogP contribution in [-0.2, 0) is 6.42 Å². The topological polar surface area (TPSA) is 53.1 Å². The average Bonchev–Trinajstić information content (AvgIpc) is 2.74. The van der Waals surface area contributed by atoms with Gasteiger partial charge >= 0.3 is 0 Å². The molecule has 1 heterocycles. The van der Waals surface area contributed by atoms with Crippen LogP contribution in [0.2, 0.25) is 0 Å². The summed E-state index contributed by atoms with van der Waals surface area (Å²) in [4.78, 5) is 11.2. The van der Waals surface area contributed by atoms with Gasteiger partial charge < -0.3 is 15.5 Å². The molecule has 2 N–H and O–H groups in total. The zero-order chi connectivity index (χ0) is 19.6. The molecule has 5 nitrogen and oxygen atoms in total. The van der Waals surface area contributed by atoms with Crippen molar-refractivity contribution < 1.29 is 0 Å². The third-order valence-corrected chi connectivity index (χ3v) is 4.69. The summed E-state index contributed by atoms with van der Waals surface area (Å²) >= 11 is 0. The standard InChI is InChI=1S/C23H29N5/c1-3-28(4-2)21-14-12-20(13-15-21)26-22-16-18-25-23(27-22)24-17-8-11-19-9-6-5-7-10-19/h5-7,9-10,12-16,18H,3-4,8,11,17H2,1-2H3,(H2,24,25,26,27). The van der Waals surface area contributed by atoms with Gasteiger partial charge in [0.25, 0.3) is 0 Å². The number of nitrogens with one attached hydrogen (secondary N) is 2. The van der Waals surface area contributed by atoms with Crippen molar-refractivity contribution in [3.63, 3.8) is 0 Å². The smallest absolute Gasteiger partial charge is 0.224 e. The lowest BCUT2D eigenvalue weighted by atomic mass is 10.1. The first kappa shape index (κ1) is 19.7. The maximum Gasteiger partial charge on any atom is 0.224 e. The van der Waals surface area contributed by atoms with Crippen LogP contribution in [0.1, 0.15) is 25.8 Å². The van der Waals surface area contributed by atoms with Gasteiger partial charge in [0.15, 0.2) is 0 Å². The maximum atomic E-state index is 4.56. The van der Waals surface area contributed by atoms with Gasteiger partial charge in [0.1, 0.15) is 5.82 Å². The molecule has 28 heavy (non-hydrogen) atoms. The quantitative estimate of drug-likeness (QED) is 0.482. The lowest BCUT2D eigenvalue weighted by Gasteiger charge is -2.21. The van der Waals surface area contributed by atoms with Crippen molar-refractivity contribution in [3.8, 4) is 0 Å². The Hall–Kier alpha value is -3.08. The van der Waals surface area contributed by atoms with Crippen LogP contribution in [0.3, 0.4) is 0 Å². The Bertz CT molecular complexity index is 829. The van der Waals surface area contributed by atoms with E-state index in [-0.39, 0.29) is 0 Å². The number of aryl methyl sites for hydroxylation is 1. The second-order valence-electron chi connectivity index (χ2n) is 6.63. The Balaban J connectivity index is 1.51. The molecule has 0 saturated carbocycles. The highest BCUT2D eigenvalue weighted by atomic mass is 15.1. The summed E-state index contributed by atoms with van der Waals surface area (Å²) in [5, 5.41) is 6.66. The van der Waals surface area contributed by atoms with Crippen LogP contribution >= 0.6 is 0 Å². The molecule has 0 atom stereocenters. The highest BCUT2D eigenvalue weighted by molar-refractivity contribution is 5.61. The van der Waals surface area contributed by atoms with Crippen molar-refractivity contribution in [2.45, 2.75) is 26.7 Å². The second kappa shape index (κ2) is 10.3. The van der Waals surface area contributed by atoms with Crippen LogP contribution < -0.4 is 15.5 Å². The van der Waals surface area contributed by atoms with Gasteiger partial charge in [-0.25, -0.2) is 4.98 Å². The lowest BCUT2D eigenvalue weighted by Crippen LogP contribution is -2.21. The van der Waals surface area contributed by atoms with E-state index in [1.54, 1.807) is 6.20 Å².